The van der Waals surface area contributed by atoms with Crippen molar-refractivity contribution in [1.29, 1.82) is 0 Å². The Bertz CT molecular complexity index is 238. The van der Waals surface area contributed by atoms with Crippen LogP contribution in [-0.2, 0) is 24.4 Å². The molecule has 0 saturated heterocycles. The fraction of sp³-hybridized carbons (Fsp3) is 0. The summed E-state index contributed by atoms with van der Waals surface area (Å²) in [4.78, 5) is 0. The number of rotatable bonds is 2. The Morgan fingerprint density at radius 3 is 1.00 bits per heavy atom. The molecule has 0 fully saturated rings. The molecule has 9 nitrogen and oxygen atoms in total. The van der Waals surface area contributed by atoms with Crippen LogP contribution in [0.25, 0.3) is 0 Å². The van der Waals surface area contributed by atoms with Crippen LogP contribution < -0.4 is 0 Å². The van der Waals surface area contributed by atoms with Crippen molar-refractivity contribution in [2.45, 2.75) is 0 Å². The Morgan fingerprint density at radius 1 is 0.833 bits per heavy atom. The van der Waals surface area contributed by atoms with Crippen molar-refractivity contribution < 1.29 is 40.5 Å². The second-order valence-electron chi connectivity index (χ2n) is 0.924. The van der Waals surface area contributed by atoms with Crippen LogP contribution in [0.15, 0.2) is 0 Å². The van der Waals surface area contributed by atoms with Crippen molar-refractivity contribution in [2.75, 3.05) is 0 Å². The van der Waals surface area contributed by atoms with Gasteiger partial charge in [-0.2, -0.15) is 16.8 Å². The second kappa shape index (κ2) is 7.37. The fourth-order valence-corrected chi connectivity index (χ4v) is 0.978. The number of hydrogen-bond donors (Lipinski definition) is 2. The molecule has 0 aliphatic carbocycles. The minimum absolute atomic E-state index is 0. The molecule has 0 spiro atoms. The topological polar surface area (TPSA) is 181 Å². The van der Waals surface area contributed by atoms with Crippen molar-refractivity contribution in [3.05, 3.63) is 0 Å². The third-order valence-electron chi connectivity index (χ3n) is 0.172. The van der Waals surface area contributed by atoms with Gasteiger partial charge in [0.05, 0.1) is 0 Å². The summed E-state index contributed by atoms with van der Waals surface area (Å²) in [6.07, 6.45) is 0. The van der Waals surface area contributed by atoms with E-state index in [1.807, 2.05) is 0 Å². The first-order chi connectivity index (χ1) is 3.71. The van der Waals surface area contributed by atoms with E-state index < -0.39 is 20.8 Å². The normalized spacial score (nSPS) is 10.2. The van der Waals surface area contributed by atoms with Crippen molar-refractivity contribution >= 4 is 58.5 Å². The van der Waals surface area contributed by atoms with Crippen LogP contribution >= 0.6 is 0 Å². The van der Waals surface area contributed by atoms with E-state index in [0.29, 0.717) is 0 Å². The summed E-state index contributed by atoms with van der Waals surface area (Å²) < 4.78 is 55.6. The van der Waals surface area contributed by atoms with E-state index >= 15 is 0 Å². The van der Waals surface area contributed by atoms with E-state index in [0.717, 1.165) is 0 Å². The van der Waals surface area contributed by atoms with Gasteiger partial charge in [0, 0.05) is 0 Å². The summed E-state index contributed by atoms with van der Waals surface area (Å²) in [5, 5.41) is 0. The molecule has 0 unspecified atom stereocenters. The van der Waals surface area contributed by atoms with Gasteiger partial charge in [-0.25, -0.2) is 0 Å². The zero-order chi connectivity index (χ0) is 7.71. The molecule has 0 heterocycles. The maximum absolute atomic E-state index is 9.44. The zero-order valence-corrected chi connectivity index (χ0v) is 6.39. The van der Waals surface area contributed by atoms with E-state index in [4.69, 9.17) is 9.11 Å². The molecule has 0 rings (SSSR count). The molecule has 0 aromatic rings. The Hall–Kier alpha value is 0.960. The first-order valence-electron chi connectivity index (χ1n) is 1.37. The number of hydrogen-bond acceptors (Lipinski definition) is 5. The predicted molar refractivity (Wildman–Crippen MR) is 40.0 cm³/mol. The van der Waals surface area contributed by atoms with Gasteiger partial charge >= 0.3 is 58.5 Å². The van der Waals surface area contributed by atoms with Crippen LogP contribution in [0, 0.1) is 0 Å². The molecule has 0 atom stereocenters. The van der Waals surface area contributed by atoms with Gasteiger partial charge in [-0.15, -0.1) is 3.63 Å². The Morgan fingerprint density at radius 2 is 1.00 bits per heavy atom. The van der Waals surface area contributed by atoms with Gasteiger partial charge < -0.3 is 11.0 Å². The van der Waals surface area contributed by atoms with Gasteiger partial charge in [0.2, 0.25) is 0 Å². The van der Waals surface area contributed by atoms with Crippen LogP contribution in [-0.4, -0.2) is 74.6 Å². The molecule has 0 aliphatic rings. The Balaban J connectivity index is -0.000000107. The van der Waals surface area contributed by atoms with Crippen molar-refractivity contribution in [2.24, 2.45) is 0 Å². The van der Waals surface area contributed by atoms with Gasteiger partial charge in [-0.1, -0.05) is 0 Å². The third kappa shape index (κ3) is 22.4. The van der Waals surface area contributed by atoms with Gasteiger partial charge in [0.25, 0.3) is 0 Å². The standard InChI is InChI=1S/Ca.H2O7S2.2H2O.2H/c;1-8(2,3)7-9(4,5)6;;;;/h;(H,1,2,3)(H,4,5,6);2*1H2;;. The molecule has 12 heteroatoms. The molecule has 0 aliphatic heterocycles. The zero-order valence-electron chi connectivity index (χ0n) is 4.75. The van der Waals surface area contributed by atoms with E-state index in [1.54, 1.807) is 0 Å². The van der Waals surface area contributed by atoms with Gasteiger partial charge in [0.15, 0.2) is 0 Å². The van der Waals surface area contributed by atoms with Crippen molar-refractivity contribution in [1.82, 2.24) is 0 Å². The van der Waals surface area contributed by atoms with Gasteiger partial charge in [-0.05, 0) is 0 Å². The van der Waals surface area contributed by atoms with E-state index in [2.05, 4.69) is 3.63 Å². The van der Waals surface area contributed by atoms with E-state index in [-0.39, 0.29) is 48.7 Å². The summed E-state index contributed by atoms with van der Waals surface area (Å²) in [6, 6.07) is 0. The van der Waals surface area contributed by atoms with E-state index in [9.17, 15) is 16.8 Å². The predicted octanol–water partition coefficient (Wildman–Crippen LogP) is -3.96. The fourth-order valence-electron chi connectivity index (χ4n) is 0.109. The maximum atomic E-state index is 9.44. The summed E-state index contributed by atoms with van der Waals surface area (Å²) in [5.74, 6) is 0. The van der Waals surface area contributed by atoms with Gasteiger partial charge in [-0.3, -0.25) is 9.11 Å². The van der Waals surface area contributed by atoms with Crippen LogP contribution in [0.2, 0.25) is 0 Å². The molecule has 0 amide bonds. The van der Waals surface area contributed by atoms with Crippen LogP contribution in [0.3, 0.4) is 0 Å². The average molecular weight is 256 g/mol. The summed E-state index contributed by atoms with van der Waals surface area (Å²) in [5.41, 5.74) is 0. The molecule has 0 saturated carbocycles. The molecule has 76 valence electrons. The monoisotopic (exact) mass is 256 g/mol. The third-order valence-corrected chi connectivity index (χ3v) is 1.55. The molecule has 0 aromatic carbocycles. The SMILES string of the molecule is O.O.O=S(=O)(O)OS(=O)(=O)O.[CaH2]. The first kappa shape index (κ1) is 23.1. The van der Waals surface area contributed by atoms with Crippen LogP contribution in [0.1, 0.15) is 0 Å². The minimum atomic E-state index is -5.12. The molecule has 0 radical (unpaired) electrons. The van der Waals surface area contributed by atoms with E-state index in [1.165, 1.54) is 0 Å². The molecular formula is H8CaO9S2. The molecule has 0 bridgehead atoms. The quantitative estimate of drug-likeness (QED) is 0.373. The molecule has 12 heavy (non-hydrogen) atoms. The Labute approximate surface area is 98.2 Å². The summed E-state index contributed by atoms with van der Waals surface area (Å²) in [7, 11) is -10.2. The van der Waals surface area contributed by atoms with Crippen molar-refractivity contribution in [3.8, 4) is 0 Å². The van der Waals surface area contributed by atoms with Crippen molar-refractivity contribution in [3.63, 3.8) is 0 Å². The summed E-state index contributed by atoms with van der Waals surface area (Å²) in [6.45, 7) is 0. The summed E-state index contributed by atoms with van der Waals surface area (Å²) >= 11 is 0. The average Bonchev–Trinajstić information content (AvgIpc) is 1.14. The molecule has 6 N–H and O–H groups in total. The first-order valence-corrected chi connectivity index (χ1v) is 4.10. The van der Waals surface area contributed by atoms with Crippen LogP contribution in [0.4, 0.5) is 0 Å². The van der Waals surface area contributed by atoms with Crippen LogP contribution in [0.5, 0.6) is 0 Å². The van der Waals surface area contributed by atoms with Gasteiger partial charge in [0.1, 0.15) is 0 Å². The molecule has 0 aromatic heterocycles. The Kier molecular flexibility index (Phi) is 14.2. The molecular weight excluding hydrogens is 248 g/mol. The second-order valence-corrected chi connectivity index (χ2v) is 3.18.